The molecule has 3 rings (SSSR count). The second-order valence-electron chi connectivity index (χ2n) is 8.50. The van der Waals surface area contributed by atoms with Crippen LogP contribution in [0.25, 0.3) is 0 Å². The third-order valence-electron chi connectivity index (χ3n) is 6.01. The fourth-order valence-corrected chi connectivity index (χ4v) is 4.52. The van der Waals surface area contributed by atoms with Gasteiger partial charge in [0.25, 0.3) is 0 Å². The second-order valence-corrected chi connectivity index (χ2v) is 8.50. The van der Waals surface area contributed by atoms with Crippen LogP contribution in [0.1, 0.15) is 51.4 Å². The minimum atomic E-state index is -0.588. The number of fused-ring (bicyclic) bond motifs is 2. The molecule has 1 aliphatic heterocycles. The minimum absolute atomic E-state index is 0.0546. The van der Waals surface area contributed by atoms with Crippen molar-refractivity contribution in [1.82, 2.24) is 0 Å². The molecule has 1 heterocycles. The lowest BCUT2D eigenvalue weighted by Gasteiger charge is -2.39. The predicted molar refractivity (Wildman–Crippen MR) is 104 cm³/mol. The Kier molecular flexibility index (Phi) is 8.93. The van der Waals surface area contributed by atoms with Gasteiger partial charge in [-0.3, -0.25) is 0 Å². The Morgan fingerprint density at radius 1 is 0.536 bits per heavy atom. The Morgan fingerprint density at radius 2 is 0.893 bits per heavy atom. The topological polar surface area (TPSA) is 129 Å². The zero-order valence-corrected chi connectivity index (χ0v) is 16.8. The van der Waals surface area contributed by atoms with Crippen LogP contribution >= 0.6 is 0 Å². The fourth-order valence-electron chi connectivity index (χ4n) is 4.52. The Balaban J connectivity index is 1.55. The van der Waals surface area contributed by atoms with Crippen molar-refractivity contribution in [2.75, 3.05) is 26.4 Å². The van der Waals surface area contributed by atoms with Crippen LogP contribution in [0.5, 0.6) is 0 Å². The third-order valence-corrected chi connectivity index (χ3v) is 6.01. The van der Waals surface area contributed by atoms with E-state index in [0.717, 1.165) is 25.7 Å². The molecule has 1 saturated heterocycles. The minimum Gasteiger partial charge on any atom is -0.390 e. The second kappa shape index (κ2) is 11.2. The van der Waals surface area contributed by atoms with Gasteiger partial charge in [0.05, 0.1) is 24.4 Å². The average molecular weight is 403 g/mol. The van der Waals surface area contributed by atoms with Gasteiger partial charge < -0.3 is 40.6 Å². The van der Waals surface area contributed by atoms with E-state index < -0.39 is 12.2 Å². The number of aliphatic hydroxyl groups excluding tert-OH is 2. The van der Waals surface area contributed by atoms with Gasteiger partial charge in [-0.1, -0.05) is 0 Å². The van der Waals surface area contributed by atoms with E-state index in [9.17, 15) is 10.2 Å². The standard InChI is InChI=1S/C20H38N2O6/c21-13-9-15(23)19-17(11-13)25-5-1-2-6-26-18-12-14(22)10-16(24)20(18)28-8-4-3-7-27-19/h13-20,23-24H,1-12,21-22H2/t13-,14-,15-,16-,17-,18-,19-,20-/m1/s1. The van der Waals surface area contributed by atoms with Crippen LogP contribution in [0.15, 0.2) is 0 Å². The molecule has 8 nitrogen and oxygen atoms in total. The van der Waals surface area contributed by atoms with E-state index in [0.29, 0.717) is 52.1 Å². The van der Waals surface area contributed by atoms with Crippen molar-refractivity contribution in [2.45, 2.75) is 100 Å². The van der Waals surface area contributed by atoms with Crippen LogP contribution in [0, 0.1) is 0 Å². The van der Waals surface area contributed by atoms with Gasteiger partial charge in [-0.05, 0) is 51.4 Å². The lowest BCUT2D eigenvalue weighted by molar-refractivity contribution is -0.156. The first-order valence-electron chi connectivity index (χ1n) is 10.9. The molecule has 2 aliphatic carbocycles. The van der Waals surface area contributed by atoms with Gasteiger partial charge in [-0.15, -0.1) is 0 Å². The van der Waals surface area contributed by atoms with Gasteiger partial charge in [0, 0.05) is 38.5 Å². The molecular weight excluding hydrogens is 364 g/mol. The molecule has 0 aromatic heterocycles. The summed E-state index contributed by atoms with van der Waals surface area (Å²) in [5.74, 6) is 0. The molecule has 0 amide bonds. The number of nitrogens with two attached hydrogens (primary N) is 2. The van der Waals surface area contributed by atoms with Crippen molar-refractivity contribution in [3.8, 4) is 0 Å². The number of aliphatic hydroxyl groups is 2. The van der Waals surface area contributed by atoms with Gasteiger partial charge in [0.1, 0.15) is 12.2 Å². The smallest absolute Gasteiger partial charge is 0.110 e. The summed E-state index contributed by atoms with van der Waals surface area (Å²) in [5.41, 5.74) is 12.1. The lowest BCUT2D eigenvalue weighted by Crippen LogP contribution is -2.52. The summed E-state index contributed by atoms with van der Waals surface area (Å²) in [5, 5.41) is 20.7. The summed E-state index contributed by atoms with van der Waals surface area (Å²) >= 11 is 0. The maximum absolute atomic E-state index is 10.4. The normalized spacial score (nSPS) is 45.0. The van der Waals surface area contributed by atoms with Crippen LogP contribution in [0.2, 0.25) is 0 Å². The summed E-state index contributed by atoms with van der Waals surface area (Å²) in [7, 11) is 0. The average Bonchev–Trinajstić information content (AvgIpc) is 2.62. The molecule has 28 heavy (non-hydrogen) atoms. The highest BCUT2D eigenvalue weighted by molar-refractivity contribution is 4.91. The largest absolute Gasteiger partial charge is 0.390 e. The van der Waals surface area contributed by atoms with Gasteiger partial charge in [-0.2, -0.15) is 0 Å². The van der Waals surface area contributed by atoms with Crippen molar-refractivity contribution in [1.29, 1.82) is 0 Å². The summed E-state index contributed by atoms with van der Waals surface area (Å²) in [6, 6.07) is -0.109. The summed E-state index contributed by atoms with van der Waals surface area (Å²) in [6.45, 7) is 2.25. The maximum atomic E-state index is 10.4. The van der Waals surface area contributed by atoms with Crippen molar-refractivity contribution >= 4 is 0 Å². The molecule has 3 aliphatic rings. The van der Waals surface area contributed by atoms with Crippen LogP contribution in [-0.2, 0) is 18.9 Å². The predicted octanol–water partition coefficient (Wildman–Crippen LogP) is 0.0652. The Labute approximate surface area is 167 Å². The van der Waals surface area contributed by atoms with Crippen LogP contribution in [0.3, 0.4) is 0 Å². The van der Waals surface area contributed by atoms with Gasteiger partial charge in [-0.25, -0.2) is 0 Å². The highest BCUT2D eigenvalue weighted by Crippen LogP contribution is 2.26. The van der Waals surface area contributed by atoms with E-state index >= 15 is 0 Å². The van der Waals surface area contributed by atoms with Crippen LogP contribution in [-0.4, -0.2) is 85.3 Å². The number of ether oxygens (including phenoxy) is 4. The van der Waals surface area contributed by atoms with Crippen LogP contribution in [0.4, 0.5) is 0 Å². The molecule has 8 heteroatoms. The molecule has 0 radical (unpaired) electrons. The Morgan fingerprint density at radius 3 is 1.29 bits per heavy atom. The lowest BCUT2D eigenvalue weighted by atomic mass is 9.88. The van der Waals surface area contributed by atoms with Gasteiger partial charge in [0.2, 0.25) is 0 Å². The van der Waals surface area contributed by atoms with Gasteiger partial charge in [0.15, 0.2) is 0 Å². The molecule has 164 valence electrons. The number of hydrogen-bond donors (Lipinski definition) is 4. The first-order valence-corrected chi connectivity index (χ1v) is 10.9. The highest BCUT2D eigenvalue weighted by atomic mass is 16.6. The van der Waals surface area contributed by atoms with E-state index in [1.807, 2.05) is 0 Å². The van der Waals surface area contributed by atoms with E-state index in [1.165, 1.54) is 0 Å². The molecular formula is C20H38N2O6. The number of hydrogen-bond acceptors (Lipinski definition) is 8. The van der Waals surface area contributed by atoms with Gasteiger partial charge >= 0.3 is 0 Å². The quantitative estimate of drug-likeness (QED) is 0.448. The van der Waals surface area contributed by atoms with E-state index in [1.54, 1.807) is 0 Å². The molecule has 0 spiro atoms. The Hall–Kier alpha value is -0.320. The monoisotopic (exact) mass is 402 g/mol. The first kappa shape index (κ1) is 22.4. The van der Waals surface area contributed by atoms with Crippen molar-refractivity contribution in [3.05, 3.63) is 0 Å². The summed E-state index contributed by atoms with van der Waals surface area (Å²) in [4.78, 5) is 0. The molecule has 2 saturated carbocycles. The van der Waals surface area contributed by atoms with E-state index in [2.05, 4.69) is 0 Å². The SMILES string of the molecule is N[C@@H]1C[C@@H](O)[C@H]2OCCCCO[C@@H]3[C@H](O)C[C@@H](N)C[C@H]3OCCCCO[C@@H]2C1. The molecule has 0 aromatic carbocycles. The molecule has 0 aromatic rings. The van der Waals surface area contributed by atoms with Crippen molar-refractivity contribution in [2.24, 2.45) is 11.5 Å². The van der Waals surface area contributed by atoms with E-state index in [-0.39, 0.29) is 36.5 Å². The van der Waals surface area contributed by atoms with Crippen LogP contribution < -0.4 is 11.5 Å². The fraction of sp³-hybridized carbons (Fsp3) is 1.00. The molecule has 0 bridgehead atoms. The summed E-state index contributed by atoms with van der Waals surface area (Å²) in [6.07, 6.45) is 3.68. The third kappa shape index (κ3) is 6.34. The first-order chi connectivity index (χ1) is 13.5. The Bertz CT molecular complexity index is 416. The highest BCUT2D eigenvalue weighted by Gasteiger charge is 2.38. The number of rotatable bonds is 0. The molecule has 3 fully saturated rings. The molecule has 8 atom stereocenters. The zero-order chi connectivity index (χ0) is 19.9. The molecule has 0 unspecified atom stereocenters. The van der Waals surface area contributed by atoms with Crippen molar-refractivity contribution in [3.63, 3.8) is 0 Å². The molecule has 6 N–H and O–H groups in total. The van der Waals surface area contributed by atoms with Crippen molar-refractivity contribution < 1.29 is 29.2 Å². The summed E-state index contributed by atoms with van der Waals surface area (Å²) < 4.78 is 24.0. The van der Waals surface area contributed by atoms with E-state index in [4.69, 9.17) is 30.4 Å². The zero-order valence-electron chi connectivity index (χ0n) is 16.8. The maximum Gasteiger partial charge on any atom is 0.110 e.